The van der Waals surface area contributed by atoms with Crippen LogP contribution in [-0.2, 0) is 4.84 Å². The lowest BCUT2D eigenvalue weighted by Crippen LogP contribution is -2.35. The Bertz CT molecular complexity index is 89.6. The third-order valence-electron chi connectivity index (χ3n) is 1.74. The average molecular weight is 145 g/mol. The molecule has 0 atom stereocenters. The summed E-state index contributed by atoms with van der Waals surface area (Å²) in [6.45, 7) is 4.45. The molecule has 0 saturated carbocycles. The summed E-state index contributed by atoms with van der Waals surface area (Å²) in [5.74, 6) is 0. The van der Waals surface area contributed by atoms with Gasteiger partial charge in [0.1, 0.15) is 0 Å². The van der Waals surface area contributed by atoms with Gasteiger partial charge in [-0.2, -0.15) is 5.06 Å². The zero-order chi connectivity index (χ0) is 7.40. The van der Waals surface area contributed by atoms with Gasteiger partial charge in [0.2, 0.25) is 0 Å². The maximum Gasteiger partial charge on any atom is 0.0656 e. The van der Waals surface area contributed by atoms with E-state index in [4.69, 9.17) is 9.94 Å². The van der Waals surface area contributed by atoms with Gasteiger partial charge in [-0.15, -0.1) is 0 Å². The van der Waals surface area contributed by atoms with Crippen molar-refractivity contribution in [2.45, 2.75) is 25.9 Å². The first-order chi connectivity index (χ1) is 4.83. The van der Waals surface area contributed by atoms with Gasteiger partial charge in [0.25, 0.3) is 0 Å². The molecule has 0 bridgehead atoms. The molecule has 1 aliphatic heterocycles. The molecule has 3 heteroatoms. The molecule has 0 aromatic heterocycles. The fraction of sp³-hybridized carbons (Fsp3) is 1.00. The first-order valence-corrected chi connectivity index (χ1v) is 3.89. The maximum absolute atomic E-state index is 9.11. The Morgan fingerprint density at radius 2 is 2.10 bits per heavy atom. The van der Waals surface area contributed by atoms with Gasteiger partial charge >= 0.3 is 0 Å². The summed E-state index contributed by atoms with van der Waals surface area (Å²) in [5, 5.41) is 11.0. The second kappa shape index (κ2) is 3.91. The minimum atomic E-state index is -0.100. The van der Waals surface area contributed by atoms with E-state index in [-0.39, 0.29) is 6.10 Å². The third kappa shape index (κ3) is 2.25. The molecular formula is C7H15NO2. The highest BCUT2D eigenvalue weighted by Crippen LogP contribution is 2.09. The molecule has 0 aromatic carbocycles. The summed E-state index contributed by atoms with van der Waals surface area (Å²) in [6, 6.07) is 0. The van der Waals surface area contributed by atoms with Gasteiger partial charge in [0.15, 0.2) is 0 Å². The molecule has 3 nitrogen and oxygen atoms in total. The van der Waals surface area contributed by atoms with Gasteiger partial charge in [-0.05, 0) is 19.8 Å². The lowest BCUT2D eigenvalue weighted by Gasteiger charge is -2.27. The van der Waals surface area contributed by atoms with E-state index in [2.05, 4.69) is 0 Å². The van der Waals surface area contributed by atoms with E-state index in [9.17, 15) is 0 Å². The number of hydroxylamine groups is 2. The molecule has 0 spiro atoms. The summed E-state index contributed by atoms with van der Waals surface area (Å²) in [6.07, 6.45) is 1.59. The number of piperidine rings is 1. The summed E-state index contributed by atoms with van der Waals surface area (Å²) in [4.78, 5) is 5.25. The van der Waals surface area contributed by atoms with Crippen LogP contribution >= 0.6 is 0 Å². The summed E-state index contributed by atoms with van der Waals surface area (Å²) in [7, 11) is 0. The van der Waals surface area contributed by atoms with E-state index >= 15 is 0 Å². The molecule has 0 radical (unpaired) electrons. The Morgan fingerprint density at radius 1 is 1.50 bits per heavy atom. The molecule has 1 fully saturated rings. The molecular weight excluding hydrogens is 130 g/mol. The Labute approximate surface area is 61.5 Å². The van der Waals surface area contributed by atoms with Gasteiger partial charge < -0.3 is 5.11 Å². The number of hydrogen-bond acceptors (Lipinski definition) is 3. The SMILES string of the molecule is CCON1CCC(O)CC1. The summed E-state index contributed by atoms with van der Waals surface area (Å²) < 4.78 is 0. The zero-order valence-corrected chi connectivity index (χ0v) is 6.42. The molecule has 0 aliphatic carbocycles. The van der Waals surface area contributed by atoms with Gasteiger partial charge in [0.05, 0.1) is 12.7 Å². The number of hydrogen-bond donors (Lipinski definition) is 1. The highest BCUT2D eigenvalue weighted by molar-refractivity contribution is 4.65. The fourth-order valence-electron chi connectivity index (χ4n) is 1.15. The third-order valence-corrected chi connectivity index (χ3v) is 1.74. The number of nitrogens with zero attached hydrogens (tertiary/aromatic N) is 1. The maximum atomic E-state index is 9.11. The fourth-order valence-corrected chi connectivity index (χ4v) is 1.15. The van der Waals surface area contributed by atoms with E-state index in [1.807, 2.05) is 12.0 Å². The smallest absolute Gasteiger partial charge is 0.0656 e. The highest BCUT2D eigenvalue weighted by atomic mass is 16.7. The molecule has 1 heterocycles. The van der Waals surface area contributed by atoms with Crippen LogP contribution in [0, 0.1) is 0 Å². The second-order valence-electron chi connectivity index (χ2n) is 2.58. The Kier molecular flexibility index (Phi) is 3.12. The predicted molar refractivity (Wildman–Crippen MR) is 38.4 cm³/mol. The van der Waals surface area contributed by atoms with Crippen LogP contribution in [0.15, 0.2) is 0 Å². The standard InChI is InChI=1S/C7H15NO2/c1-2-10-8-5-3-7(9)4-6-8/h7,9H,2-6H2,1H3. The number of aliphatic hydroxyl groups is 1. The van der Waals surface area contributed by atoms with Gasteiger partial charge in [-0.25, -0.2) is 0 Å². The van der Waals surface area contributed by atoms with Crippen LogP contribution in [0.3, 0.4) is 0 Å². The van der Waals surface area contributed by atoms with Crippen LogP contribution in [0.1, 0.15) is 19.8 Å². The molecule has 1 N–H and O–H groups in total. The Balaban J connectivity index is 2.13. The highest BCUT2D eigenvalue weighted by Gasteiger charge is 2.16. The molecule has 0 unspecified atom stereocenters. The molecule has 0 amide bonds. The van der Waals surface area contributed by atoms with Crippen LogP contribution in [0.2, 0.25) is 0 Å². The van der Waals surface area contributed by atoms with Crippen molar-refractivity contribution in [1.82, 2.24) is 5.06 Å². The molecule has 60 valence electrons. The minimum Gasteiger partial charge on any atom is -0.393 e. The van der Waals surface area contributed by atoms with E-state index in [0.29, 0.717) is 0 Å². The van der Waals surface area contributed by atoms with Crippen molar-refractivity contribution in [2.24, 2.45) is 0 Å². The van der Waals surface area contributed by atoms with Crippen molar-refractivity contribution in [3.63, 3.8) is 0 Å². The number of aliphatic hydroxyl groups excluding tert-OH is 1. The van der Waals surface area contributed by atoms with E-state index < -0.39 is 0 Å². The summed E-state index contributed by atoms with van der Waals surface area (Å²) >= 11 is 0. The van der Waals surface area contributed by atoms with E-state index in [0.717, 1.165) is 32.5 Å². The predicted octanol–water partition coefficient (Wildman–Crippen LogP) is 0.395. The van der Waals surface area contributed by atoms with Crippen molar-refractivity contribution in [2.75, 3.05) is 19.7 Å². The van der Waals surface area contributed by atoms with Crippen LogP contribution in [0.5, 0.6) is 0 Å². The Hall–Kier alpha value is -0.120. The normalized spacial score (nSPS) is 23.4. The van der Waals surface area contributed by atoms with Crippen LogP contribution in [0.4, 0.5) is 0 Å². The van der Waals surface area contributed by atoms with Gasteiger partial charge in [0, 0.05) is 13.1 Å². The first-order valence-electron chi connectivity index (χ1n) is 3.89. The number of rotatable bonds is 2. The van der Waals surface area contributed by atoms with E-state index in [1.165, 1.54) is 0 Å². The van der Waals surface area contributed by atoms with Crippen LogP contribution < -0.4 is 0 Å². The largest absolute Gasteiger partial charge is 0.393 e. The Morgan fingerprint density at radius 3 is 2.60 bits per heavy atom. The van der Waals surface area contributed by atoms with E-state index in [1.54, 1.807) is 0 Å². The molecule has 10 heavy (non-hydrogen) atoms. The lowest BCUT2D eigenvalue weighted by molar-refractivity contribution is -0.175. The van der Waals surface area contributed by atoms with Crippen LogP contribution in [-0.4, -0.2) is 36.0 Å². The monoisotopic (exact) mass is 145 g/mol. The lowest BCUT2D eigenvalue weighted by atomic mass is 10.1. The molecule has 1 rings (SSSR count). The van der Waals surface area contributed by atoms with Crippen molar-refractivity contribution >= 4 is 0 Å². The van der Waals surface area contributed by atoms with Crippen molar-refractivity contribution in [3.05, 3.63) is 0 Å². The minimum absolute atomic E-state index is 0.100. The van der Waals surface area contributed by atoms with Crippen molar-refractivity contribution in [3.8, 4) is 0 Å². The van der Waals surface area contributed by atoms with Crippen molar-refractivity contribution < 1.29 is 9.94 Å². The zero-order valence-electron chi connectivity index (χ0n) is 6.42. The summed E-state index contributed by atoms with van der Waals surface area (Å²) in [5.41, 5.74) is 0. The second-order valence-corrected chi connectivity index (χ2v) is 2.58. The van der Waals surface area contributed by atoms with Gasteiger partial charge in [-0.3, -0.25) is 4.84 Å². The van der Waals surface area contributed by atoms with Crippen LogP contribution in [0.25, 0.3) is 0 Å². The quantitative estimate of drug-likeness (QED) is 0.610. The van der Waals surface area contributed by atoms with Gasteiger partial charge in [-0.1, -0.05) is 0 Å². The van der Waals surface area contributed by atoms with Crippen molar-refractivity contribution in [1.29, 1.82) is 0 Å². The topological polar surface area (TPSA) is 32.7 Å². The molecule has 1 aliphatic rings. The molecule has 1 saturated heterocycles. The molecule has 0 aromatic rings. The average Bonchev–Trinajstić information content (AvgIpc) is 1.95. The first kappa shape index (κ1) is 7.98.